The number of hydrogen-bond acceptors (Lipinski definition) is 5. The van der Waals surface area contributed by atoms with Crippen molar-refractivity contribution in [1.82, 2.24) is 4.90 Å². The van der Waals surface area contributed by atoms with Gasteiger partial charge in [0.05, 0.1) is 11.5 Å². The second-order valence-electron chi connectivity index (χ2n) is 6.19. The number of nitrogens with zero attached hydrogens (tertiary/aromatic N) is 1. The molecule has 0 bridgehead atoms. The maximum absolute atomic E-state index is 12.6. The highest BCUT2D eigenvalue weighted by atomic mass is 32.2. The minimum atomic E-state index is -0.476. The zero-order chi connectivity index (χ0) is 20.1. The number of thioether (sulfide) groups is 1. The number of nitrogens with one attached hydrogen (secondary N) is 1. The van der Waals surface area contributed by atoms with Gasteiger partial charge in [-0.15, -0.1) is 0 Å². The molecule has 1 N–H and O–H groups in total. The Hall–Kier alpha value is -3.06. The zero-order valence-electron chi connectivity index (χ0n) is 15.6. The van der Waals surface area contributed by atoms with Crippen molar-refractivity contribution in [1.29, 1.82) is 0 Å². The molecule has 3 amide bonds. The van der Waals surface area contributed by atoms with Gasteiger partial charge in [0.25, 0.3) is 11.1 Å². The van der Waals surface area contributed by atoms with Crippen LogP contribution in [0.25, 0.3) is 6.08 Å². The third-order valence-corrected chi connectivity index (χ3v) is 4.88. The van der Waals surface area contributed by atoms with Gasteiger partial charge >= 0.3 is 0 Å². The molecule has 28 heavy (non-hydrogen) atoms. The molecule has 1 aliphatic rings. The quantitative estimate of drug-likeness (QED) is 0.745. The Balaban J connectivity index is 1.68. The standard InChI is InChI=1S/C21H20N2O4S/c1-3-27-17-6-4-5-15(11-17)12-18-20(25)23(21(26)28-18)13-19(24)22-16-9-7-14(2)8-10-16/h4-12H,3,13H2,1-2H3,(H,22,24)/b18-12-. The topological polar surface area (TPSA) is 75.7 Å². The van der Waals surface area contributed by atoms with Crippen molar-refractivity contribution < 1.29 is 19.1 Å². The van der Waals surface area contributed by atoms with Crippen molar-refractivity contribution in [3.63, 3.8) is 0 Å². The Morgan fingerprint density at radius 1 is 1.18 bits per heavy atom. The number of carbonyl (C=O) groups excluding carboxylic acids is 3. The molecule has 0 aliphatic carbocycles. The monoisotopic (exact) mass is 396 g/mol. The minimum absolute atomic E-state index is 0.279. The molecule has 1 heterocycles. The summed E-state index contributed by atoms with van der Waals surface area (Å²) in [4.78, 5) is 38.2. The van der Waals surface area contributed by atoms with Crippen LogP contribution in [0.4, 0.5) is 10.5 Å². The first-order valence-electron chi connectivity index (χ1n) is 8.81. The van der Waals surface area contributed by atoms with Gasteiger partial charge in [0.15, 0.2) is 0 Å². The predicted octanol–water partition coefficient (Wildman–Crippen LogP) is 4.07. The Bertz CT molecular complexity index is 938. The highest BCUT2D eigenvalue weighted by Crippen LogP contribution is 2.32. The van der Waals surface area contributed by atoms with Gasteiger partial charge in [-0.3, -0.25) is 19.3 Å². The molecule has 0 radical (unpaired) electrons. The first kappa shape index (κ1) is 19.7. The van der Waals surface area contributed by atoms with E-state index in [1.54, 1.807) is 24.3 Å². The van der Waals surface area contributed by atoms with Crippen LogP contribution in [-0.4, -0.2) is 35.1 Å². The highest BCUT2D eigenvalue weighted by Gasteiger charge is 2.36. The number of rotatable bonds is 6. The first-order chi connectivity index (χ1) is 13.5. The molecule has 2 aromatic rings. The molecule has 0 saturated carbocycles. The molecule has 0 atom stereocenters. The summed E-state index contributed by atoms with van der Waals surface area (Å²) in [6.45, 7) is 4.05. The van der Waals surface area contributed by atoms with Crippen LogP contribution in [0.3, 0.4) is 0 Å². The second kappa shape index (κ2) is 8.75. The minimum Gasteiger partial charge on any atom is -0.494 e. The summed E-state index contributed by atoms with van der Waals surface area (Å²) in [5, 5.41) is 2.23. The fourth-order valence-corrected chi connectivity index (χ4v) is 3.47. The lowest BCUT2D eigenvalue weighted by Crippen LogP contribution is -2.36. The van der Waals surface area contributed by atoms with E-state index in [4.69, 9.17) is 4.74 Å². The van der Waals surface area contributed by atoms with Gasteiger partial charge in [-0.25, -0.2) is 0 Å². The Kier molecular flexibility index (Phi) is 6.16. The van der Waals surface area contributed by atoms with Crippen molar-refractivity contribution in [2.24, 2.45) is 0 Å². The van der Waals surface area contributed by atoms with Gasteiger partial charge in [-0.1, -0.05) is 29.8 Å². The molecule has 7 heteroatoms. The molecule has 0 spiro atoms. The maximum Gasteiger partial charge on any atom is 0.294 e. The molecule has 1 aliphatic heterocycles. The fraction of sp³-hybridized carbons (Fsp3) is 0.190. The number of ether oxygens (including phenoxy) is 1. The summed E-state index contributed by atoms with van der Waals surface area (Å²) in [5.74, 6) is -0.213. The van der Waals surface area contributed by atoms with Crippen molar-refractivity contribution >= 4 is 40.6 Å². The molecule has 6 nitrogen and oxygen atoms in total. The van der Waals surface area contributed by atoms with Crippen LogP contribution in [0.5, 0.6) is 5.75 Å². The lowest BCUT2D eigenvalue weighted by molar-refractivity contribution is -0.127. The summed E-state index contributed by atoms with van der Waals surface area (Å²) in [6.07, 6.45) is 1.63. The summed E-state index contributed by atoms with van der Waals surface area (Å²) in [6, 6.07) is 14.5. The van der Waals surface area contributed by atoms with Gasteiger partial charge in [-0.05, 0) is 61.5 Å². The summed E-state index contributed by atoms with van der Waals surface area (Å²) in [7, 11) is 0. The van der Waals surface area contributed by atoms with E-state index in [0.717, 1.165) is 27.8 Å². The molecule has 1 fully saturated rings. The number of anilines is 1. The molecule has 1 saturated heterocycles. The molecule has 3 rings (SSSR count). The number of hydrogen-bond donors (Lipinski definition) is 1. The Morgan fingerprint density at radius 3 is 2.64 bits per heavy atom. The summed E-state index contributed by atoms with van der Waals surface area (Å²) < 4.78 is 5.45. The van der Waals surface area contributed by atoms with E-state index in [2.05, 4.69) is 5.32 Å². The van der Waals surface area contributed by atoms with Crippen LogP contribution in [0, 0.1) is 6.92 Å². The van der Waals surface area contributed by atoms with Crippen LogP contribution >= 0.6 is 11.8 Å². The van der Waals surface area contributed by atoms with E-state index in [1.165, 1.54) is 0 Å². The van der Waals surface area contributed by atoms with Crippen LogP contribution < -0.4 is 10.1 Å². The molecule has 144 valence electrons. The summed E-state index contributed by atoms with van der Waals surface area (Å²) >= 11 is 0.824. The fourth-order valence-electron chi connectivity index (χ4n) is 2.63. The van der Waals surface area contributed by atoms with E-state index < -0.39 is 17.1 Å². The zero-order valence-corrected chi connectivity index (χ0v) is 16.4. The molecule has 0 unspecified atom stereocenters. The van der Waals surface area contributed by atoms with E-state index in [0.29, 0.717) is 18.0 Å². The van der Waals surface area contributed by atoms with Crippen LogP contribution in [-0.2, 0) is 9.59 Å². The Labute approximate surface area is 167 Å². The average Bonchev–Trinajstić information content (AvgIpc) is 2.92. The van der Waals surface area contributed by atoms with Crippen molar-refractivity contribution in [3.8, 4) is 5.75 Å². The van der Waals surface area contributed by atoms with Gasteiger partial charge in [0.1, 0.15) is 12.3 Å². The van der Waals surface area contributed by atoms with Crippen molar-refractivity contribution in [3.05, 3.63) is 64.6 Å². The molecule has 2 aromatic carbocycles. The van der Waals surface area contributed by atoms with E-state index in [9.17, 15) is 14.4 Å². The predicted molar refractivity (Wildman–Crippen MR) is 110 cm³/mol. The van der Waals surface area contributed by atoms with E-state index in [1.807, 2.05) is 44.2 Å². The first-order valence-corrected chi connectivity index (χ1v) is 9.62. The second-order valence-corrected chi connectivity index (χ2v) is 7.18. The SMILES string of the molecule is CCOc1cccc(/C=C2\SC(=O)N(CC(=O)Nc3ccc(C)cc3)C2=O)c1. The lowest BCUT2D eigenvalue weighted by Gasteiger charge is -2.12. The smallest absolute Gasteiger partial charge is 0.294 e. The average molecular weight is 396 g/mol. The van der Waals surface area contributed by atoms with Crippen molar-refractivity contribution in [2.45, 2.75) is 13.8 Å². The van der Waals surface area contributed by atoms with Gasteiger partial charge in [-0.2, -0.15) is 0 Å². The van der Waals surface area contributed by atoms with Gasteiger partial charge in [0, 0.05) is 5.69 Å². The number of amides is 3. The molecular formula is C21H20N2O4S. The third-order valence-electron chi connectivity index (χ3n) is 3.98. The van der Waals surface area contributed by atoms with Crippen LogP contribution in [0.1, 0.15) is 18.1 Å². The van der Waals surface area contributed by atoms with E-state index >= 15 is 0 Å². The maximum atomic E-state index is 12.6. The van der Waals surface area contributed by atoms with Gasteiger partial charge < -0.3 is 10.1 Å². The summed E-state index contributed by atoms with van der Waals surface area (Å²) in [5.41, 5.74) is 2.44. The number of imide groups is 1. The highest BCUT2D eigenvalue weighted by molar-refractivity contribution is 8.18. The molecule has 0 aromatic heterocycles. The van der Waals surface area contributed by atoms with E-state index in [-0.39, 0.29) is 11.4 Å². The number of carbonyl (C=O) groups is 3. The Morgan fingerprint density at radius 2 is 1.93 bits per heavy atom. The number of benzene rings is 2. The van der Waals surface area contributed by atoms with Crippen LogP contribution in [0.2, 0.25) is 0 Å². The molecular weight excluding hydrogens is 376 g/mol. The third kappa shape index (κ3) is 4.80. The largest absolute Gasteiger partial charge is 0.494 e. The van der Waals surface area contributed by atoms with Crippen molar-refractivity contribution in [2.75, 3.05) is 18.5 Å². The van der Waals surface area contributed by atoms with Gasteiger partial charge in [0.2, 0.25) is 5.91 Å². The number of aryl methyl sites for hydroxylation is 1. The normalized spacial score (nSPS) is 15.2. The lowest BCUT2D eigenvalue weighted by atomic mass is 10.2. The van der Waals surface area contributed by atoms with Crippen LogP contribution in [0.15, 0.2) is 53.4 Å².